The van der Waals surface area contributed by atoms with Gasteiger partial charge in [0.15, 0.2) is 0 Å². The fourth-order valence-electron chi connectivity index (χ4n) is 2.76. The number of nitrogens with zero attached hydrogens (tertiary/aromatic N) is 2. The smallest absolute Gasteiger partial charge is 0.253 e. The maximum Gasteiger partial charge on any atom is 0.253 e. The van der Waals surface area contributed by atoms with Gasteiger partial charge >= 0.3 is 0 Å². The molecule has 120 valence electrons. The van der Waals surface area contributed by atoms with Crippen LogP contribution in [0, 0.1) is 6.92 Å². The summed E-state index contributed by atoms with van der Waals surface area (Å²) in [5.74, 6) is 0.0850. The number of anilines is 1. The molecule has 0 spiro atoms. The summed E-state index contributed by atoms with van der Waals surface area (Å²) in [6.45, 7) is 4.86. The lowest BCUT2D eigenvalue weighted by molar-refractivity contribution is 0.0747. The molecule has 2 aromatic carbocycles. The van der Waals surface area contributed by atoms with Gasteiger partial charge in [0.1, 0.15) is 0 Å². The zero-order valence-electron chi connectivity index (χ0n) is 12.9. The van der Waals surface area contributed by atoms with Crippen LogP contribution in [0.3, 0.4) is 0 Å². The summed E-state index contributed by atoms with van der Waals surface area (Å²) in [6, 6.07) is 13.2. The molecule has 0 bridgehead atoms. The van der Waals surface area contributed by atoms with Crippen LogP contribution in [0.15, 0.2) is 42.5 Å². The Morgan fingerprint density at radius 3 is 2.26 bits per heavy atom. The van der Waals surface area contributed by atoms with Crippen LogP contribution in [0.2, 0.25) is 10.0 Å². The third-order valence-corrected chi connectivity index (χ3v) is 4.67. The van der Waals surface area contributed by atoms with Crippen molar-refractivity contribution < 1.29 is 4.79 Å². The highest BCUT2D eigenvalue weighted by Crippen LogP contribution is 2.29. The maximum atomic E-state index is 12.5. The first-order valence-corrected chi connectivity index (χ1v) is 8.36. The number of rotatable bonds is 2. The Bertz CT molecular complexity index is 707. The molecule has 5 heteroatoms. The molecule has 3 nitrogen and oxygen atoms in total. The molecule has 0 atom stereocenters. The van der Waals surface area contributed by atoms with E-state index in [1.807, 2.05) is 48.2 Å². The Hall–Kier alpha value is -1.71. The number of hydrogen-bond acceptors (Lipinski definition) is 2. The van der Waals surface area contributed by atoms with Crippen molar-refractivity contribution in [2.24, 2.45) is 0 Å². The molecule has 1 aliphatic rings. The molecule has 0 radical (unpaired) electrons. The van der Waals surface area contributed by atoms with Gasteiger partial charge in [-0.15, -0.1) is 0 Å². The summed E-state index contributed by atoms with van der Waals surface area (Å²) >= 11 is 12.3. The molecule has 0 unspecified atom stereocenters. The summed E-state index contributed by atoms with van der Waals surface area (Å²) < 4.78 is 0. The zero-order chi connectivity index (χ0) is 16.4. The molecule has 0 aromatic heterocycles. The topological polar surface area (TPSA) is 23.6 Å². The average Bonchev–Trinajstić information content (AvgIpc) is 2.57. The summed E-state index contributed by atoms with van der Waals surface area (Å²) in [4.78, 5) is 16.6. The van der Waals surface area contributed by atoms with Crippen LogP contribution in [-0.4, -0.2) is 37.0 Å². The molecule has 3 rings (SSSR count). The van der Waals surface area contributed by atoms with Crippen molar-refractivity contribution in [3.63, 3.8) is 0 Å². The monoisotopic (exact) mass is 348 g/mol. The molecule has 1 heterocycles. The van der Waals surface area contributed by atoms with Gasteiger partial charge in [0.2, 0.25) is 0 Å². The lowest BCUT2D eigenvalue weighted by Gasteiger charge is -2.36. The number of halogens is 2. The maximum absolute atomic E-state index is 12.5. The number of carbonyl (C=O) groups excluding carboxylic acids is 1. The second kappa shape index (κ2) is 6.81. The Kier molecular flexibility index (Phi) is 4.79. The molecular weight excluding hydrogens is 331 g/mol. The van der Waals surface area contributed by atoms with Gasteiger partial charge in [0.05, 0.1) is 10.7 Å². The quantitative estimate of drug-likeness (QED) is 0.809. The SMILES string of the molecule is Cc1ccc(C(=O)N2CCN(c3cc(Cl)ccc3Cl)CC2)cc1. The van der Waals surface area contributed by atoms with Crippen molar-refractivity contribution in [1.82, 2.24) is 4.90 Å². The van der Waals surface area contributed by atoms with Gasteiger partial charge in [0.25, 0.3) is 5.91 Å². The van der Waals surface area contributed by atoms with E-state index >= 15 is 0 Å². The van der Waals surface area contributed by atoms with E-state index in [-0.39, 0.29) is 5.91 Å². The van der Waals surface area contributed by atoms with E-state index in [0.29, 0.717) is 23.1 Å². The second-order valence-corrected chi connectivity index (χ2v) is 6.58. The first-order chi connectivity index (χ1) is 11.0. The summed E-state index contributed by atoms with van der Waals surface area (Å²) in [7, 11) is 0. The second-order valence-electron chi connectivity index (χ2n) is 5.74. The normalized spacial score (nSPS) is 14.9. The molecule has 0 aliphatic carbocycles. The Morgan fingerprint density at radius 1 is 0.957 bits per heavy atom. The first-order valence-electron chi connectivity index (χ1n) is 7.60. The number of aryl methyl sites for hydroxylation is 1. The number of amides is 1. The molecule has 1 aliphatic heterocycles. The number of hydrogen-bond donors (Lipinski definition) is 0. The highest BCUT2D eigenvalue weighted by atomic mass is 35.5. The first kappa shape index (κ1) is 16.2. The van der Waals surface area contributed by atoms with Gasteiger partial charge in [-0.05, 0) is 37.3 Å². The Balaban J connectivity index is 1.67. The van der Waals surface area contributed by atoms with Crippen molar-refractivity contribution in [2.45, 2.75) is 6.92 Å². The van der Waals surface area contributed by atoms with Gasteiger partial charge in [-0.3, -0.25) is 4.79 Å². The molecule has 1 saturated heterocycles. The summed E-state index contributed by atoms with van der Waals surface area (Å²) in [5.41, 5.74) is 2.83. The zero-order valence-corrected chi connectivity index (χ0v) is 14.4. The van der Waals surface area contributed by atoms with E-state index < -0.39 is 0 Å². The van der Waals surface area contributed by atoms with E-state index in [4.69, 9.17) is 23.2 Å². The average molecular weight is 349 g/mol. The highest BCUT2D eigenvalue weighted by molar-refractivity contribution is 6.35. The minimum atomic E-state index is 0.0850. The van der Waals surface area contributed by atoms with E-state index in [0.717, 1.165) is 29.9 Å². The van der Waals surface area contributed by atoms with Crippen molar-refractivity contribution in [3.8, 4) is 0 Å². The van der Waals surface area contributed by atoms with E-state index in [2.05, 4.69) is 4.90 Å². The Labute approximate surface area is 146 Å². The fraction of sp³-hybridized carbons (Fsp3) is 0.278. The molecule has 0 N–H and O–H groups in total. The largest absolute Gasteiger partial charge is 0.367 e. The van der Waals surface area contributed by atoms with E-state index in [9.17, 15) is 4.79 Å². The number of piperazine rings is 1. The van der Waals surface area contributed by atoms with Crippen LogP contribution < -0.4 is 4.90 Å². The van der Waals surface area contributed by atoms with Gasteiger partial charge in [-0.25, -0.2) is 0 Å². The van der Waals surface area contributed by atoms with Crippen LogP contribution in [0.5, 0.6) is 0 Å². The third kappa shape index (κ3) is 3.62. The molecule has 0 saturated carbocycles. The van der Waals surface area contributed by atoms with E-state index in [1.54, 1.807) is 6.07 Å². The van der Waals surface area contributed by atoms with E-state index in [1.165, 1.54) is 0 Å². The van der Waals surface area contributed by atoms with Crippen LogP contribution in [0.1, 0.15) is 15.9 Å². The summed E-state index contributed by atoms with van der Waals surface area (Å²) in [5, 5.41) is 1.36. The molecule has 1 amide bonds. The number of carbonyl (C=O) groups is 1. The predicted octanol–water partition coefficient (Wildman–Crippen LogP) is 4.26. The summed E-state index contributed by atoms with van der Waals surface area (Å²) in [6.07, 6.45) is 0. The fourth-order valence-corrected chi connectivity index (χ4v) is 3.16. The highest BCUT2D eigenvalue weighted by Gasteiger charge is 2.23. The molecular formula is C18H18Cl2N2O. The van der Waals surface area contributed by atoms with Crippen LogP contribution in [0.4, 0.5) is 5.69 Å². The van der Waals surface area contributed by atoms with Gasteiger partial charge in [-0.2, -0.15) is 0 Å². The minimum Gasteiger partial charge on any atom is -0.367 e. The van der Waals surface area contributed by atoms with Crippen molar-refractivity contribution in [2.75, 3.05) is 31.1 Å². The minimum absolute atomic E-state index is 0.0850. The van der Waals surface area contributed by atoms with Crippen molar-refractivity contribution >= 4 is 34.8 Å². The lowest BCUT2D eigenvalue weighted by atomic mass is 10.1. The van der Waals surface area contributed by atoms with Crippen molar-refractivity contribution in [3.05, 3.63) is 63.6 Å². The predicted molar refractivity (Wildman–Crippen MR) is 95.8 cm³/mol. The lowest BCUT2D eigenvalue weighted by Crippen LogP contribution is -2.48. The van der Waals surface area contributed by atoms with Gasteiger partial charge in [0, 0.05) is 36.8 Å². The Morgan fingerprint density at radius 2 is 1.61 bits per heavy atom. The standard InChI is InChI=1S/C18H18Cl2N2O/c1-13-2-4-14(5-3-13)18(23)22-10-8-21(9-11-22)17-12-15(19)6-7-16(17)20/h2-7,12H,8-11H2,1H3. The molecule has 1 fully saturated rings. The van der Waals surface area contributed by atoms with Crippen LogP contribution in [0.25, 0.3) is 0 Å². The third-order valence-electron chi connectivity index (χ3n) is 4.11. The van der Waals surface area contributed by atoms with Crippen LogP contribution in [-0.2, 0) is 0 Å². The number of benzene rings is 2. The van der Waals surface area contributed by atoms with Crippen LogP contribution >= 0.6 is 23.2 Å². The molecule has 2 aromatic rings. The van der Waals surface area contributed by atoms with Gasteiger partial charge in [-0.1, -0.05) is 40.9 Å². The molecule has 23 heavy (non-hydrogen) atoms. The van der Waals surface area contributed by atoms with Crippen molar-refractivity contribution in [1.29, 1.82) is 0 Å². The van der Waals surface area contributed by atoms with Gasteiger partial charge < -0.3 is 9.80 Å².